The number of benzene rings is 3. The molecule has 0 N–H and O–H groups in total. The van der Waals surface area contributed by atoms with Gasteiger partial charge in [-0.2, -0.15) is 4.98 Å². The van der Waals surface area contributed by atoms with Crippen molar-refractivity contribution in [3.05, 3.63) is 119 Å². The molecule has 0 spiro atoms. The van der Waals surface area contributed by atoms with Crippen LogP contribution in [0.15, 0.2) is 89.5 Å². The summed E-state index contributed by atoms with van der Waals surface area (Å²) in [5, 5.41) is 4.46. The fourth-order valence-corrected chi connectivity index (χ4v) is 5.15. The normalized spacial score (nSPS) is 15.1. The Kier molecular flexibility index (Phi) is 7.26. The monoisotopic (exact) mass is 479 g/mol. The third-order valence-corrected chi connectivity index (χ3v) is 7.41. The molecular formula is C31H33N3O2. The number of hydrogen-bond donors (Lipinski definition) is 0. The molecule has 0 radical (unpaired) electrons. The zero-order chi connectivity index (χ0) is 24.8. The minimum absolute atomic E-state index is 0.217. The van der Waals surface area contributed by atoms with Gasteiger partial charge in [0.05, 0.1) is 5.41 Å². The van der Waals surface area contributed by atoms with Crippen molar-refractivity contribution in [3.63, 3.8) is 0 Å². The van der Waals surface area contributed by atoms with E-state index in [9.17, 15) is 4.79 Å². The molecule has 1 saturated heterocycles. The maximum Gasteiger partial charge on any atom is 0.227 e. The zero-order valence-electron chi connectivity index (χ0n) is 20.9. The summed E-state index contributed by atoms with van der Waals surface area (Å²) in [5.74, 6) is 1.62. The SMILES string of the molecule is Cc1ccc(CCC(=O)N2CCC(c3ccccc3)(c3noc(CCc4ccccc4)n3)CC2)cc1. The molecule has 0 saturated carbocycles. The van der Waals surface area contributed by atoms with Gasteiger partial charge in [-0.25, -0.2) is 0 Å². The molecule has 5 nitrogen and oxygen atoms in total. The molecule has 36 heavy (non-hydrogen) atoms. The molecule has 5 heteroatoms. The highest BCUT2D eigenvalue weighted by molar-refractivity contribution is 5.76. The van der Waals surface area contributed by atoms with Gasteiger partial charge in [0.25, 0.3) is 0 Å². The molecule has 0 aliphatic carbocycles. The number of nitrogens with zero attached hydrogens (tertiary/aromatic N) is 3. The van der Waals surface area contributed by atoms with Crippen molar-refractivity contribution in [1.29, 1.82) is 0 Å². The number of carbonyl (C=O) groups is 1. The Morgan fingerprint density at radius 1 is 0.833 bits per heavy atom. The van der Waals surface area contributed by atoms with Gasteiger partial charge in [-0.05, 0) is 49.3 Å². The van der Waals surface area contributed by atoms with Crippen LogP contribution in [-0.2, 0) is 29.5 Å². The van der Waals surface area contributed by atoms with Gasteiger partial charge in [0.15, 0.2) is 5.82 Å². The van der Waals surface area contributed by atoms with E-state index in [2.05, 4.69) is 84.9 Å². The lowest BCUT2D eigenvalue weighted by Crippen LogP contribution is -2.46. The molecule has 1 aliphatic rings. The van der Waals surface area contributed by atoms with Crippen molar-refractivity contribution in [3.8, 4) is 0 Å². The first kappa shape index (κ1) is 24.0. The maximum absolute atomic E-state index is 13.0. The van der Waals surface area contributed by atoms with Crippen molar-refractivity contribution in [1.82, 2.24) is 15.0 Å². The Morgan fingerprint density at radius 2 is 1.47 bits per heavy atom. The zero-order valence-corrected chi connectivity index (χ0v) is 20.9. The molecule has 0 atom stereocenters. The van der Waals surface area contributed by atoms with Crippen LogP contribution in [-0.4, -0.2) is 34.0 Å². The van der Waals surface area contributed by atoms with Crippen molar-refractivity contribution in [2.24, 2.45) is 0 Å². The highest BCUT2D eigenvalue weighted by Crippen LogP contribution is 2.40. The first-order valence-electron chi connectivity index (χ1n) is 12.9. The molecule has 0 unspecified atom stereocenters. The lowest BCUT2D eigenvalue weighted by molar-refractivity contribution is -0.132. The maximum atomic E-state index is 13.0. The van der Waals surface area contributed by atoms with E-state index in [-0.39, 0.29) is 11.3 Å². The molecule has 184 valence electrons. The van der Waals surface area contributed by atoms with E-state index in [1.165, 1.54) is 22.3 Å². The Hall–Kier alpha value is -3.73. The second kappa shape index (κ2) is 10.9. The minimum Gasteiger partial charge on any atom is -0.343 e. The largest absolute Gasteiger partial charge is 0.343 e. The number of carbonyl (C=O) groups excluding carboxylic acids is 1. The van der Waals surface area contributed by atoms with E-state index in [4.69, 9.17) is 9.51 Å². The predicted octanol–water partition coefficient (Wildman–Crippen LogP) is 5.70. The summed E-state index contributed by atoms with van der Waals surface area (Å²) in [6, 6.07) is 29.3. The highest BCUT2D eigenvalue weighted by Gasteiger charge is 2.42. The van der Waals surface area contributed by atoms with Gasteiger partial charge >= 0.3 is 0 Å². The fraction of sp³-hybridized carbons (Fsp3) is 0.323. The van der Waals surface area contributed by atoms with Crippen molar-refractivity contribution in [2.45, 2.75) is 50.9 Å². The second-order valence-corrected chi connectivity index (χ2v) is 9.81. The van der Waals surface area contributed by atoms with E-state index >= 15 is 0 Å². The smallest absolute Gasteiger partial charge is 0.227 e. The van der Waals surface area contributed by atoms with E-state index in [0.29, 0.717) is 31.8 Å². The number of aromatic nitrogens is 2. The molecule has 1 aliphatic heterocycles. The molecule has 3 aromatic carbocycles. The molecule has 2 heterocycles. The van der Waals surface area contributed by atoms with Crippen LogP contribution >= 0.6 is 0 Å². The third kappa shape index (κ3) is 5.40. The van der Waals surface area contributed by atoms with Gasteiger partial charge in [0.1, 0.15) is 0 Å². The molecule has 1 amide bonds. The van der Waals surface area contributed by atoms with Crippen LogP contribution in [0.4, 0.5) is 0 Å². The predicted molar refractivity (Wildman–Crippen MR) is 141 cm³/mol. The summed E-state index contributed by atoms with van der Waals surface area (Å²) >= 11 is 0. The van der Waals surface area contributed by atoms with Crippen LogP contribution in [0.2, 0.25) is 0 Å². The van der Waals surface area contributed by atoms with E-state index in [1.54, 1.807) is 0 Å². The molecule has 5 rings (SSSR count). The summed E-state index contributed by atoms with van der Waals surface area (Å²) in [6.45, 7) is 3.46. The lowest BCUT2D eigenvalue weighted by Gasteiger charge is -2.40. The van der Waals surface area contributed by atoms with Crippen LogP contribution in [0.5, 0.6) is 0 Å². The molecule has 1 fully saturated rings. The van der Waals surface area contributed by atoms with Crippen LogP contribution < -0.4 is 0 Å². The Labute approximate surface area is 213 Å². The number of likely N-dealkylation sites (tertiary alicyclic amines) is 1. The first-order valence-corrected chi connectivity index (χ1v) is 12.9. The lowest BCUT2D eigenvalue weighted by atomic mass is 9.72. The van der Waals surface area contributed by atoms with E-state index in [1.807, 2.05) is 17.0 Å². The molecular weight excluding hydrogens is 446 g/mol. The van der Waals surface area contributed by atoms with E-state index < -0.39 is 0 Å². The van der Waals surface area contributed by atoms with Crippen molar-refractivity contribution >= 4 is 5.91 Å². The number of hydrogen-bond acceptors (Lipinski definition) is 4. The molecule has 1 aromatic heterocycles. The van der Waals surface area contributed by atoms with Gasteiger partial charge < -0.3 is 9.42 Å². The molecule has 0 bridgehead atoms. The van der Waals surface area contributed by atoms with Crippen LogP contribution in [0.1, 0.15) is 53.2 Å². The third-order valence-electron chi connectivity index (χ3n) is 7.41. The number of amides is 1. The van der Waals surface area contributed by atoms with E-state index in [0.717, 1.165) is 31.5 Å². The van der Waals surface area contributed by atoms with Gasteiger partial charge in [0, 0.05) is 25.9 Å². The number of aryl methyl sites for hydroxylation is 4. The summed E-state index contributed by atoms with van der Waals surface area (Å²) in [4.78, 5) is 19.9. The summed E-state index contributed by atoms with van der Waals surface area (Å²) in [5.41, 5.74) is 4.55. The Balaban J connectivity index is 1.27. The van der Waals surface area contributed by atoms with Crippen molar-refractivity contribution in [2.75, 3.05) is 13.1 Å². The van der Waals surface area contributed by atoms with Gasteiger partial charge in [-0.3, -0.25) is 4.79 Å². The average molecular weight is 480 g/mol. The minimum atomic E-state index is -0.344. The van der Waals surface area contributed by atoms with Crippen LogP contribution in [0, 0.1) is 6.92 Å². The van der Waals surface area contributed by atoms with Gasteiger partial charge in [0.2, 0.25) is 11.8 Å². The number of piperidine rings is 1. The van der Waals surface area contributed by atoms with Gasteiger partial charge in [-0.1, -0.05) is 95.6 Å². The van der Waals surface area contributed by atoms with Crippen molar-refractivity contribution < 1.29 is 9.32 Å². The highest BCUT2D eigenvalue weighted by atomic mass is 16.5. The average Bonchev–Trinajstić information content (AvgIpc) is 3.42. The standard InChI is InChI=1S/C31H33N3O2/c1-24-12-14-26(15-13-24)17-19-29(35)34-22-20-31(21-23-34,27-10-6-3-7-11-27)30-32-28(36-33-30)18-16-25-8-4-2-5-9-25/h2-15H,16-23H2,1H3. The van der Waals surface area contributed by atoms with Crippen LogP contribution in [0.25, 0.3) is 0 Å². The first-order chi connectivity index (χ1) is 17.6. The number of rotatable bonds is 8. The molecule has 4 aromatic rings. The quantitative estimate of drug-likeness (QED) is 0.325. The fourth-order valence-electron chi connectivity index (χ4n) is 5.15. The Bertz CT molecular complexity index is 1260. The topological polar surface area (TPSA) is 59.2 Å². The second-order valence-electron chi connectivity index (χ2n) is 9.81. The van der Waals surface area contributed by atoms with Crippen LogP contribution in [0.3, 0.4) is 0 Å². The summed E-state index contributed by atoms with van der Waals surface area (Å²) in [7, 11) is 0. The van der Waals surface area contributed by atoms with Gasteiger partial charge in [-0.15, -0.1) is 0 Å². The Morgan fingerprint density at radius 3 is 2.17 bits per heavy atom. The summed E-state index contributed by atoms with van der Waals surface area (Å²) in [6.07, 6.45) is 4.45. The summed E-state index contributed by atoms with van der Waals surface area (Å²) < 4.78 is 5.71.